The predicted molar refractivity (Wildman–Crippen MR) is 123 cm³/mol. The molecule has 0 aliphatic carbocycles. The number of halogens is 1. The average molecular weight is 437 g/mol. The highest BCUT2D eigenvalue weighted by atomic mass is 35.5. The van der Waals surface area contributed by atoms with Crippen LogP contribution in [-0.2, 0) is 18.4 Å². The van der Waals surface area contributed by atoms with E-state index in [0.29, 0.717) is 11.6 Å². The Labute approximate surface area is 186 Å². The maximum absolute atomic E-state index is 13.7. The number of benzene rings is 1. The second kappa shape index (κ2) is 7.89. The largest absolute Gasteiger partial charge is 0.356 e. The molecule has 2 aliphatic rings. The molecule has 0 unspecified atom stereocenters. The molecule has 0 spiro atoms. The van der Waals surface area contributed by atoms with Crippen LogP contribution < -0.4 is 15.1 Å². The first-order valence-electron chi connectivity index (χ1n) is 10.6. The highest BCUT2D eigenvalue weighted by molar-refractivity contribution is 6.31. The Kier molecular flexibility index (Phi) is 5.06. The average Bonchev–Trinajstić information content (AvgIpc) is 3.02. The molecule has 1 saturated heterocycles. The van der Waals surface area contributed by atoms with Crippen molar-refractivity contribution >= 4 is 40.5 Å². The van der Waals surface area contributed by atoms with Gasteiger partial charge >= 0.3 is 0 Å². The molecule has 0 radical (unpaired) electrons. The fourth-order valence-electron chi connectivity index (χ4n) is 4.55. The van der Waals surface area contributed by atoms with Gasteiger partial charge in [-0.15, -0.1) is 0 Å². The molecule has 8 heteroatoms. The van der Waals surface area contributed by atoms with E-state index >= 15 is 0 Å². The first-order valence-corrected chi connectivity index (χ1v) is 10.9. The molecule has 7 nitrogen and oxygen atoms in total. The molecule has 1 amide bonds. The first-order chi connectivity index (χ1) is 15.0. The fraction of sp³-hybridized carbons (Fsp3) is 0.348. The van der Waals surface area contributed by atoms with E-state index in [0.717, 1.165) is 54.5 Å². The quantitative estimate of drug-likeness (QED) is 0.649. The molecule has 2 aromatic heterocycles. The summed E-state index contributed by atoms with van der Waals surface area (Å²) in [5, 5.41) is 8.41. The number of pyridine rings is 1. The molecular weight excluding hydrogens is 412 g/mol. The third-order valence-electron chi connectivity index (χ3n) is 6.24. The number of fused-ring (bicyclic) bond motifs is 2. The molecule has 2 aliphatic heterocycles. The molecule has 4 heterocycles. The van der Waals surface area contributed by atoms with Crippen LogP contribution in [0.3, 0.4) is 0 Å². The summed E-state index contributed by atoms with van der Waals surface area (Å²) in [5.41, 5.74) is 3.84. The minimum Gasteiger partial charge on any atom is -0.356 e. The molecular formula is C23H25ClN6O. The Morgan fingerprint density at radius 3 is 2.81 bits per heavy atom. The van der Waals surface area contributed by atoms with Crippen molar-refractivity contribution in [1.29, 1.82) is 0 Å². The van der Waals surface area contributed by atoms with Crippen molar-refractivity contribution in [2.75, 3.05) is 28.2 Å². The molecule has 1 fully saturated rings. The number of aryl methyl sites for hydroxylation is 2. The van der Waals surface area contributed by atoms with E-state index in [1.54, 1.807) is 4.68 Å². The number of hydrogen-bond acceptors (Lipinski definition) is 5. The van der Waals surface area contributed by atoms with E-state index in [2.05, 4.69) is 33.3 Å². The van der Waals surface area contributed by atoms with Crippen molar-refractivity contribution in [3.05, 3.63) is 58.9 Å². The number of hydrogen-bond donors (Lipinski definition) is 1. The number of piperidine rings is 1. The van der Waals surface area contributed by atoms with Gasteiger partial charge in [0.15, 0.2) is 0 Å². The third kappa shape index (κ3) is 3.63. The van der Waals surface area contributed by atoms with Gasteiger partial charge < -0.3 is 15.1 Å². The van der Waals surface area contributed by atoms with Crippen LogP contribution in [0.4, 0.5) is 23.0 Å². The van der Waals surface area contributed by atoms with E-state index in [9.17, 15) is 4.79 Å². The smallest absolute Gasteiger partial charge is 0.230 e. The molecule has 5 rings (SSSR count). The highest BCUT2D eigenvalue weighted by Gasteiger charge is 2.33. The topological polar surface area (TPSA) is 66.3 Å². The molecule has 31 heavy (non-hydrogen) atoms. The Morgan fingerprint density at radius 2 is 2.03 bits per heavy atom. The number of carbonyl (C=O) groups is 1. The fourth-order valence-corrected chi connectivity index (χ4v) is 4.72. The van der Waals surface area contributed by atoms with Crippen molar-refractivity contribution in [3.63, 3.8) is 0 Å². The molecule has 1 aromatic carbocycles. The monoisotopic (exact) mass is 436 g/mol. The van der Waals surface area contributed by atoms with E-state index in [-0.39, 0.29) is 11.8 Å². The summed E-state index contributed by atoms with van der Waals surface area (Å²) in [7, 11) is 1.89. The molecule has 160 valence electrons. The van der Waals surface area contributed by atoms with Crippen LogP contribution in [0.1, 0.15) is 24.0 Å². The number of aromatic nitrogens is 3. The van der Waals surface area contributed by atoms with Gasteiger partial charge in [-0.05, 0) is 49.6 Å². The van der Waals surface area contributed by atoms with E-state index in [1.807, 2.05) is 48.6 Å². The number of amides is 1. The Morgan fingerprint density at radius 1 is 1.23 bits per heavy atom. The van der Waals surface area contributed by atoms with Gasteiger partial charge in [-0.2, -0.15) is 5.10 Å². The summed E-state index contributed by atoms with van der Waals surface area (Å²) < 4.78 is 1.79. The van der Waals surface area contributed by atoms with Gasteiger partial charge in [-0.1, -0.05) is 17.7 Å². The minimum atomic E-state index is -0.0259. The van der Waals surface area contributed by atoms with Crippen molar-refractivity contribution in [3.8, 4) is 0 Å². The lowest BCUT2D eigenvalue weighted by molar-refractivity contribution is -0.123. The van der Waals surface area contributed by atoms with Crippen LogP contribution in [0.5, 0.6) is 0 Å². The van der Waals surface area contributed by atoms with Gasteiger partial charge in [-0.25, -0.2) is 4.98 Å². The maximum atomic E-state index is 13.7. The number of rotatable bonds is 2. The molecule has 0 bridgehead atoms. The minimum absolute atomic E-state index is 0.0259. The SMILES string of the molecule is Cc1cccnc1N1CCC(C(=O)N2Cc3cnn(C)c3Nc3cc(Cl)ccc32)CC1. The van der Waals surface area contributed by atoms with Crippen molar-refractivity contribution < 1.29 is 4.79 Å². The van der Waals surface area contributed by atoms with Gasteiger partial charge in [0.05, 0.1) is 24.1 Å². The normalized spacial score (nSPS) is 16.4. The number of nitrogens with one attached hydrogen (secondary N) is 1. The molecule has 1 N–H and O–H groups in total. The van der Waals surface area contributed by atoms with Crippen molar-refractivity contribution in [1.82, 2.24) is 14.8 Å². The number of nitrogens with zero attached hydrogens (tertiary/aromatic N) is 5. The molecule has 0 saturated carbocycles. The lowest BCUT2D eigenvalue weighted by atomic mass is 9.94. The van der Waals surface area contributed by atoms with Gasteiger partial charge in [0, 0.05) is 42.8 Å². The Bertz CT molecular complexity index is 1130. The summed E-state index contributed by atoms with van der Waals surface area (Å²) in [4.78, 5) is 22.4. The first kappa shape index (κ1) is 19.9. The summed E-state index contributed by atoms with van der Waals surface area (Å²) in [6, 6.07) is 9.67. The Balaban J connectivity index is 1.40. The lowest BCUT2D eigenvalue weighted by Crippen LogP contribution is -2.42. The van der Waals surface area contributed by atoms with Crippen molar-refractivity contribution in [2.24, 2.45) is 13.0 Å². The summed E-state index contributed by atoms with van der Waals surface area (Å²) in [5.74, 6) is 2.04. The number of anilines is 4. The van der Waals surface area contributed by atoms with E-state index < -0.39 is 0 Å². The van der Waals surface area contributed by atoms with Gasteiger partial charge in [-0.3, -0.25) is 9.48 Å². The van der Waals surface area contributed by atoms with Crippen LogP contribution in [0.2, 0.25) is 5.02 Å². The lowest BCUT2D eigenvalue weighted by Gasteiger charge is -2.35. The zero-order valence-corrected chi connectivity index (χ0v) is 18.4. The van der Waals surface area contributed by atoms with Crippen LogP contribution in [0, 0.1) is 12.8 Å². The third-order valence-corrected chi connectivity index (χ3v) is 6.47. The highest BCUT2D eigenvalue weighted by Crippen LogP contribution is 2.38. The van der Waals surface area contributed by atoms with Crippen LogP contribution in [0.25, 0.3) is 0 Å². The molecule has 0 atom stereocenters. The van der Waals surface area contributed by atoms with Gasteiger partial charge in [0.25, 0.3) is 0 Å². The zero-order chi connectivity index (χ0) is 21.5. The van der Waals surface area contributed by atoms with Crippen LogP contribution in [-0.4, -0.2) is 33.8 Å². The summed E-state index contributed by atoms with van der Waals surface area (Å²) >= 11 is 6.26. The molecule has 3 aromatic rings. The van der Waals surface area contributed by atoms with Gasteiger partial charge in [0.1, 0.15) is 11.6 Å². The maximum Gasteiger partial charge on any atom is 0.230 e. The summed E-state index contributed by atoms with van der Waals surface area (Å²) in [6.07, 6.45) is 5.27. The van der Waals surface area contributed by atoms with Gasteiger partial charge in [0.2, 0.25) is 5.91 Å². The predicted octanol–water partition coefficient (Wildman–Crippen LogP) is 4.28. The summed E-state index contributed by atoms with van der Waals surface area (Å²) in [6.45, 7) is 4.22. The zero-order valence-electron chi connectivity index (χ0n) is 17.7. The second-order valence-corrected chi connectivity index (χ2v) is 8.69. The van der Waals surface area contributed by atoms with Crippen LogP contribution in [0.15, 0.2) is 42.7 Å². The van der Waals surface area contributed by atoms with E-state index in [4.69, 9.17) is 11.6 Å². The van der Waals surface area contributed by atoms with Crippen LogP contribution >= 0.6 is 11.6 Å². The van der Waals surface area contributed by atoms with Crippen molar-refractivity contribution in [2.45, 2.75) is 26.3 Å². The Hall–Kier alpha value is -3.06. The standard InChI is InChI=1S/C23H25ClN6O/c1-15-4-3-9-25-21(15)29-10-7-16(8-11-29)23(31)30-14-17-13-26-28(2)22(17)27-19-12-18(24)5-6-20(19)30/h3-6,9,12-13,16,27H,7-8,10-11,14H2,1-2H3. The van der Waals surface area contributed by atoms with E-state index in [1.165, 1.54) is 5.56 Å². The second-order valence-electron chi connectivity index (χ2n) is 8.26. The number of carbonyl (C=O) groups excluding carboxylic acids is 1.